The summed E-state index contributed by atoms with van der Waals surface area (Å²) in [6.07, 6.45) is -4.51. The number of hydrogen-bond donors (Lipinski definition) is 7. The predicted octanol–water partition coefficient (Wildman–Crippen LogP) is -2.82. The van der Waals surface area contributed by atoms with Crippen molar-refractivity contribution in [2.24, 2.45) is 21.4 Å². The summed E-state index contributed by atoms with van der Waals surface area (Å²) in [5, 5.41) is 51.3. The van der Waals surface area contributed by atoms with Crippen LogP contribution in [0.3, 0.4) is 0 Å². The van der Waals surface area contributed by atoms with Gasteiger partial charge in [-0.25, -0.2) is 9.78 Å². The van der Waals surface area contributed by atoms with E-state index < -0.39 is 49.2 Å². The second-order valence-electron chi connectivity index (χ2n) is 6.31. The fraction of sp³-hybridized carbons (Fsp3) is 0.643. The molecular weight excluding hydrogens is 422 g/mol. The summed E-state index contributed by atoms with van der Waals surface area (Å²) in [7, 11) is 4.49. The average molecular weight is 447 g/mol. The molecule has 1 aromatic rings. The van der Waals surface area contributed by atoms with Crippen LogP contribution in [0.15, 0.2) is 22.0 Å². The van der Waals surface area contributed by atoms with Crippen molar-refractivity contribution in [3.63, 3.8) is 0 Å². The molecule has 17 nitrogen and oxygen atoms in total. The number of nitrogens with one attached hydrogen (secondary N) is 2. The first-order valence-corrected chi connectivity index (χ1v) is 8.63. The number of primary amides is 1. The number of nitrogens with two attached hydrogens (primary N) is 1. The van der Waals surface area contributed by atoms with Gasteiger partial charge < -0.3 is 41.2 Å². The molecule has 0 spiro atoms. The summed E-state index contributed by atoms with van der Waals surface area (Å²) in [6.45, 7) is -0.605. The zero-order chi connectivity index (χ0) is 23.7. The third kappa shape index (κ3) is 7.19. The van der Waals surface area contributed by atoms with Crippen molar-refractivity contribution < 1.29 is 34.8 Å². The van der Waals surface area contributed by atoms with Crippen LogP contribution in [0.25, 0.3) is 0 Å². The maximum absolute atomic E-state index is 11.3. The topological polar surface area (TPSA) is 252 Å². The van der Waals surface area contributed by atoms with Crippen molar-refractivity contribution in [1.82, 2.24) is 25.3 Å². The Morgan fingerprint density at radius 1 is 1.29 bits per heavy atom. The van der Waals surface area contributed by atoms with E-state index in [9.17, 15) is 29.8 Å². The standard InChI is InChI=1S/C8H15N3O7.C6H10N6O/c1-11(10-17)8(16)9-4-6(14)5(13)3(2-12)18-7(4)15;1-12(2)11-10-6-4(5(7)13)8-3-9-6/h3-7,12-15H,2H2,1H3,(H,9,16);3H,1-2H3,(H2,7,13)(H,8,9)/b;11-10+/t3-,4-,5-,6-,7+;/m1./s1. The SMILES string of the molecule is CN(C)/N=N/c1[nH]cnc1C(N)=O.CN(N=O)C(=O)N[C@@H]1[C@@H](O)[C@H](O)[C@@H](CO)O[C@@H]1O. The first kappa shape index (κ1) is 25.8. The number of aromatic amines is 1. The molecule has 1 aliphatic rings. The molecular formula is C14H25N9O8. The molecule has 0 unspecified atom stereocenters. The third-order valence-electron chi connectivity index (χ3n) is 3.78. The zero-order valence-corrected chi connectivity index (χ0v) is 16.9. The van der Waals surface area contributed by atoms with Crippen LogP contribution in [-0.4, -0.2) is 111 Å². The quantitative estimate of drug-likeness (QED) is 0.134. The van der Waals surface area contributed by atoms with Gasteiger partial charge in [0.2, 0.25) is 0 Å². The molecule has 2 rings (SSSR count). The fourth-order valence-electron chi connectivity index (χ4n) is 2.20. The Hall–Kier alpha value is -3.25. The van der Waals surface area contributed by atoms with Crippen molar-refractivity contribution in [2.75, 3.05) is 27.7 Å². The largest absolute Gasteiger partial charge is 0.394 e. The Bertz CT molecular complexity index is 773. The minimum atomic E-state index is -1.63. The summed E-state index contributed by atoms with van der Waals surface area (Å²) >= 11 is 0. The smallest absolute Gasteiger partial charge is 0.340 e. The number of urea groups is 1. The highest BCUT2D eigenvalue weighted by molar-refractivity contribution is 5.94. The maximum atomic E-state index is 11.3. The number of carbonyl (C=O) groups is 2. The number of nitroso groups, excluding NO2 is 1. The number of H-pyrrole nitrogens is 1. The summed E-state index contributed by atoms with van der Waals surface area (Å²) in [6, 6.07) is -2.33. The van der Waals surface area contributed by atoms with Crippen molar-refractivity contribution in [3.05, 3.63) is 16.9 Å². The van der Waals surface area contributed by atoms with Gasteiger partial charge in [0.05, 0.1) is 18.2 Å². The van der Waals surface area contributed by atoms with E-state index in [2.05, 4.69) is 30.9 Å². The van der Waals surface area contributed by atoms with E-state index in [1.54, 1.807) is 14.1 Å². The van der Waals surface area contributed by atoms with Crippen LogP contribution >= 0.6 is 0 Å². The molecule has 31 heavy (non-hydrogen) atoms. The van der Waals surface area contributed by atoms with Gasteiger partial charge in [0.15, 0.2) is 17.8 Å². The summed E-state index contributed by atoms with van der Waals surface area (Å²) in [4.78, 5) is 38.5. The summed E-state index contributed by atoms with van der Waals surface area (Å²) in [5.41, 5.74) is 5.12. The Morgan fingerprint density at radius 2 is 1.94 bits per heavy atom. The normalized spacial score (nSPS) is 25.3. The average Bonchev–Trinajstić information content (AvgIpc) is 3.21. The first-order valence-electron chi connectivity index (χ1n) is 8.63. The molecule has 1 saturated heterocycles. The van der Waals surface area contributed by atoms with Crippen LogP contribution in [0.4, 0.5) is 10.6 Å². The molecule has 5 atom stereocenters. The maximum Gasteiger partial charge on any atom is 0.340 e. The summed E-state index contributed by atoms with van der Waals surface area (Å²) < 4.78 is 4.80. The Morgan fingerprint density at radius 3 is 2.45 bits per heavy atom. The first-order chi connectivity index (χ1) is 14.5. The predicted molar refractivity (Wildman–Crippen MR) is 101 cm³/mol. The Balaban J connectivity index is 0.000000327. The number of aromatic nitrogens is 2. The lowest BCUT2D eigenvalue weighted by Crippen LogP contribution is -2.64. The minimum Gasteiger partial charge on any atom is -0.394 e. The lowest BCUT2D eigenvalue weighted by atomic mass is 9.97. The van der Waals surface area contributed by atoms with E-state index in [1.807, 2.05) is 0 Å². The second kappa shape index (κ2) is 11.8. The molecule has 0 aliphatic carbocycles. The van der Waals surface area contributed by atoms with E-state index in [0.717, 1.165) is 7.05 Å². The molecule has 1 aromatic heterocycles. The van der Waals surface area contributed by atoms with E-state index in [1.165, 1.54) is 11.3 Å². The number of imidazole rings is 1. The van der Waals surface area contributed by atoms with Crippen LogP contribution in [0.5, 0.6) is 0 Å². The van der Waals surface area contributed by atoms with Crippen molar-refractivity contribution in [2.45, 2.75) is 30.6 Å². The molecule has 0 bridgehead atoms. The number of hydrogen-bond acceptors (Lipinski definition) is 12. The molecule has 0 saturated carbocycles. The van der Waals surface area contributed by atoms with Crippen molar-refractivity contribution in [1.29, 1.82) is 0 Å². The van der Waals surface area contributed by atoms with E-state index >= 15 is 0 Å². The van der Waals surface area contributed by atoms with E-state index in [4.69, 9.17) is 15.6 Å². The number of amides is 3. The van der Waals surface area contributed by atoms with Crippen LogP contribution in [0.1, 0.15) is 10.5 Å². The highest BCUT2D eigenvalue weighted by Crippen LogP contribution is 2.19. The number of aliphatic hydroxyl groups is 4. The van der Waals surface area contributed by atoms with Crippen LogP contribution in [0.2, 0.25) is 0 Å². The number of nitrogens with zero attached hydrogens (tertiary/aromatic N) is 6. The van der Waals surface area contributed by atoms with Crippen molar-refractivity contribution in [3.8, 4) is 0 Å². The van der Waals surface area contributed by atoms with Gasteiger partial charge in [0.25, 0.3) is 5.91 Å². The lowest BCUT2D eigenvalue weighted by molar-refractivity contribution is -0.252. The van der Waals surface area contributed by atoms with Crippen LogP contribution in [0, 0.1) is 4.91 Å². The monoisotopic (exact) mass is 447 g/mol. The molecule has 8 N–H and O–H groups in total. The molecule has 3 amide bonds. The zero-order valence-electron chi connectivity index (χ0n) is 16.9. The van der Waals surface area contributed by atoms with Gasteiger partial charge in [0.1, 0.15) is 24.4 Å². The van der Waals surface area contributed by atoms with Crippen LogP contribution in [-0.2, 0) is 4.74 Å². The molecule has 1 aliphatic heterocycles. The van der Waals surface area contributed by atoms with Gasteiger partial charge >= 0.3 is 6.03 Å². The van der Waals surface area contributed by atoms with Crippen LogP contribution < -0.4 is 11.1 Å². The number of ether oxygens (including phenoxy) is 1. The van der Waals surface area contributed by atoms with Gasteiger partial charge in [-0.2, -0.15) is 5.01 Å². The third-order valence-corrected chi connectivity index (χ3v) is 3.78. The highest BCUT2D eigenvalue weighted by atomic mass is 16.6. The molecule has 174 valence electrons. The molecule has 17 heteroatoms. The van der Waals surface area contributed by atoms with Gasteiger partial charge in [-0.1, -0.05) is 5.22 Å². The molecule has 0 aromatic carbocycles. The highest BCUT2D eigenvalue weighted by Gasteiger charge is 2.44. The van der Waals surface area contributed by atoms with Gasteiger partial charge in [-0.3, -0.25) is 9.80 Å². The van der Waals surface area contributed by atoms with Gasteiger partial charge in [-0.15, -0.1) is 10.0 Å². The molecule has 2 heterocycles. The van der Waals surface area contributed by atoms with E-state index in [0.29, 0.717) is 5.01 Å². The second-order valence-corrected chi connectivity index (χ2v) is 6.31. The van der Waals surface area contributed by atoms with Crippen molar-refractivity contribution >= 4 is 17.8 Å². The van der Waals surface area contributed by atoms with Gasteiger partial charge in [0, 0.05) is 21.1 Å². The number of aliphatic hydroxyl groups excluding tert-OH is 4. The lowest BCUT2D eigenvalue weighted by Gasteiger charge is -2.40. The minimum absolute atomic E-state index is 0.0885. The Kier molecular flexibility index (Phi) is 9.83. The molecule has 1 fully saturated rings. The summed E-state index contributed by atoms with van der Waals surface area (Å²) in [5.74, 6) is -0.366. The molecule has 0 radical (unpaired) electrons. The number of rotatable bonds is 6. The van der Waals surface area contributed by atoms with Gasteiger partial charge in [-0.05, 0) is 0 Å². The Labute approximate surface area is 175 Å². The van der Waals surface area contributed by atoms with E-state index in [-0.39, 0.29) is 11.5 Å². The number of carbonyl (C=O) groups excluding carboxylic acids is 2. The fourth-order valence-corrected chi connectivity index (χ4v) is 2.20.